The predicted octanol–water partition coefficient (Wildman–Crippen LogP) is 3.55. The summed E-state index contributed by atoms with van der Waals surface area (Å²) < 4.78 is 43.6. The van der Waals surface area contributed by atoms with Gasteiger partial charge in [0.05, 0.1) is 11.1 Å². The first kappa shape index (κ1) is 17.3. The molecule has 0 bridgehead atoms. The number of nitrogens with one attached hydrogen (secondary N) is 1. The molecule has 0 aliphatic carbocycles. The van der Waals surface area contributed by atoms with Gasteiger partial charge in [-0.3, -0.25) is 0 Å². The zero-order valence-corrected chi connectivity index (χ0v) is 12.3. The molecular formula is C16H13F3N2O3. The van der Waals surface area contributed by atoms with Crippen LogP contribution in [-0.2, 0) is 17.5 Å². The van der Waals surface area contributed by atoms with Crippen LogP contribution in [-0.4, -0.2) is 12.0 Å². The largest absolute Gasteiger partial charge is 0.457 e. The molecule has 0 saturated carbocycles. The van der Waals surface area contributed by atoms with Gasteiger partial charge >= 0.3 is 18.2 Å². The second-order valence-corrected chi connectivity index (χ2v) is 4.80. The predicted molar refractivity (Wildman–Crippen MR) is 80.2 cm³/mol. The maximum atomic E-state index is 12.9. The maximum absolute atomic E-state index is 12.9. The highest BCUT2D eigenvalue weighted by molar-refractivity contribution is 5.93. The van der Waals surface area contributed by atoms with Gasteiger partial charge in [-0.15, -0.1) is 0 Å². The molecule has 2 aromatic carbocycles. The van der Waals surface area contributed by atoms with E-state index < -0.39 is 30.3 Å². The molecule has 0 spiro atoms. The van der Waals surface area contributed by atoms with Gasteiger partial charge < -0.3 is 15.8 Å². The lowest BCUT2D eigenvalue weighted by Crippen LogP contribution is -2.19. The van der Waals surface area contributed by atoms with Crippen molar-refractivity contribution in [2.75, 3.05) is 5.32 Å². The molecule has 0 unspecified atom stereocenters. The number of amides is 2. The monoisotopic (exact) mass is 338 g/mol. The van der Waals surface area contributed by atoms with E-state index in [0.717, 1.165) is 6.07 Å². The fraction of sp³-hybridized carbons (Fsp3) is 0.125. The number of nitrogens with two attached hydrogens (primary N) is 1. The van der Waals surface area contributed by atoms with E-state index in [1.807, 2.05) is 0 Å². The average Bonchev–Trinajstić information content (AvgIpc) is 2.51. The van der Waals surface area contributed by atoms with Crippen LogP contribution in [0.4, 0.5) is 23.7 Å². The van der Waals surface area contributed by atoms with E-state index in [-0.39, 0.29) is 16.8 Å². The van der Waals surface area contributed by atoms with Crippen molar-refractivity contribution in [1.29, 1.82) is 0 Å². The number of rotatable bonds is 4. The number of hydrogen-bond donors (Lipinski definition) is 2. The number of carbonyl (C=O) groups is 2. The molecule has 2 amide bonds. The number of hydrogen-bond acceptors (Lipinski definition) is 3. The van der Waals surface area contributed by atoms with E-state index in [4.69, 9.17) is 10.5 Å². The lowest BCUT2D eigenvalue weighted by atomic mass is 10.1. The molecule has 0 radical (unpaired) electrons. The molecular weight excluding hydrogens is 325 g/mol. The van der Waals surface area contributed by atoms with Gasteiger partial charge in [0.2, 0.25) is 0 Å². The number of primary amides is 1. The highest BCUT2D eigenvalue weighted by Gasteiger charge is 2.33. The molecule has 8 heteroatoms. The Morgan fingerprint density at radius 2 is 1.79 bits per heavy atom. The van der Waals surface area contributed by atoms with Crippen molar-refractivity contribution < 1.29 is 27.5 Å². The second kappa shape index (κ2) is 7.03. The molecule has 126 valence electrons. The van der Waals surface area contributed by atoms with Gasteiger partial charge in [-0.2, -0.15) is 13.2 Å². The van der Waals surface area contributed by atoms with Gasteiger partial charge in [-0.25, -0.2) is 9.59 Å². The SMILES string of the molecule is NC(=O)Nc1cccc(C(=O)OCc2ccccc2C(F)(F)F)c1. The quantitative estimate of drug-likeness (QED) is 0.837. The highest BCUT2D eigenvalue weighted by Crippen LogP contribution is 2.32. The van der Waals surface area contributed by atoms with Crippen molar-refractivity contribution in [2.45, 2.75) is 12.8 Å². The van der Waals surface area contributed by atoms with Crippen molar-refractivity contribution in [3.63, 3.8) is 0 Å². The zero-order valence-electron chi connectivity index (χ0n) is 12.3. The number of halogens is 3. The van der Waals surface area contributed by atoms with Crippen LogP contribution >= 0.6 is 0 Å². The Hall–Kier alpha value is -3.03. The molecule has 0 aliphatic heterocycles. The maximum Gasteiger partial charge on any atom is 0.416 e. The third-order valence-corrected chi connectivity index (χ3v) is 3.05. The minimum absolute atomic E-state index is 0.0748. The average molecular weight is 338 g/mol. The lowest BCUT2D eigenvalue weighted by molar-refractivity contribution is -0.138. The number of urea groups is 1. The van der Waals surface area contributed by atoms with Gasteiger partial charge in [0, 0.05) is 11.3 Å². The third kappa shape index (κ3) is 4.48. The van der Waals surface area contributed by atoms with E-state index >= 15 is 0 Å². The summed E-state index contributed by atoms with van der Waals surface area (Å²) in [5.74, 6) is -0.819. The van der Waals surface area contributed by atoms with E-state index in [1.165, 1.54) is 42.5 Å². The van der Waals surface area contributed by atoms with Crippen molar-refractivity contribution in [1.82, 2.24) is 0 Å². The van der Waals surface area contributed by atoms with E-state index in [2.05, 4.69) is 5.32 Å². The normalized spacial score (nSPS) is 11.0. The topological polar surface area (TPSA) is 81.4 Å². The molecule has 24 heavy (non-hydrogen) atoms. The third-order valence-electron chi connectivity index (χ3n) is 3.05. The Kier molecular flexibility index (Phi) is 5.08. The summed E-state index contributed by atoms with van der Waals surface area (Å²) in [6.07, 6.45) is -4.53. The molecule has 0 fully saturated rings. The van der Waals surface area contributed by atoms with Crippen LogP contribution in [0.1, 0.15) is 21.5 Å². The number of ether oxygens (including phenoxy) is 1. The van der Waals surface area contributed by atoms with Crippen LogP contribution in [0.2, 0.25) is 0 Å². The minimum Gasteiger partial charge on any atom is -0.457 e. The first-order valence-electron chi connectivity index (χ1n) is 6.76. The fourth-order valence-corrected chi connectivity index (χ4v) is 2.02. The first-order chi connectivity index (χ1) is 11.3. The molecule has 2 aromatic rings. The van der Waals surface area contributed by atoms with Gasteiger partial charge in [0.25, 0.3) is 0 Å². The van der Waals surface area contributed by atoms with Crippen LogP contribution < -0.4 is 11.1 Å². The summed E-state index contributed by atoms with van der Waals surface area (Å²) in [4.78, 5) is 22.8. The highest BCUT2D eigenvalue weighted by atomic mass is 19.4. The van der Waals surface area contributed by atoms with Crippen molar-refractivity contribution in [3.8, 4) is 0 Å². The number of alkyl halides is 3. The van der Waals surface area contributed by atoms with Crippen molar-refractivity contribution >= 4 is 17.7 Å². The number of anilines is 1. The van der Waals surface area contributed by atoms with Crippen molar-refractivity contribution in [2.24, 2.45) is 5.73 Å². The standard InChI is InChI=1S/C16H13F3N2O3/c17-16(18,19)13-7-2-1-4-11(13)9-24-14(22)10-5-3-6-12(8-10)21-15(20)23/h1-8H,9H2,(H3,20,21,23). The van der Waals surface area contributed by atoms with Gasteiger partial charge in [-0.1, -0.05) is 24.3 Å². The van der Waals surface area contributed by atoms with E-state index in [9.17, 15) is 22.8 Å². The summed E-state index contributed by atoms with van der Waals surface area (Å²) >= 11 is 0. The van der Waals surface area contributed by atoms with Crippen LogP contribution in [0.25, 0.3) is 0 Å². The first-order valence-corrected chi connectivity index (χ1v) is 6.76. The number of benzene rings is 2. The van der Waals surface area contributed by atoms with Crippen LogP contribution in [0.5, 0.6) is 0 Å². The molecule has 0 aromatic heterocycles. The summed E-state index contributed by atoms with van der Waals surface area (Å²) in [5, 5.41) is 2.29. The Bertz CT molecular complexity index is 760. The number of esters is 1. The smallest absolute Gasteiger partial charge is 0.416 e. The van der Waals surface area contributed by atoms with Crippen LogP contribution in [0.15, 0.2) is 48.5 Å². The van der Waals surface area contributed by atoms with Crippen molar-refractivity contribution in [3.05, 3.63) is 65.2 Å². The molecule has 5 nitrogen and oxygen atoms in total. The van der Waals surface area contributed by atoms with Crippen LogP contribution in [0, 0.1) is 0 Å². The Balaban J connectivity index is 2.11. The molecule has 0 aliphatic rings. The Morgan fingerprint density at radius 1 is 1.08 bits per heavy atom. The molecule has 3 N–H and O–H groups in total. The fourth-order valence-electron chi connectivity index (χ4n) is 2.02. The molecule has 2 rings (SSSR count). The summed E-state index contributed by atoms with van der Waals surface area (Å²) in [7, 11) is 0. The van der Waals surface area contributed by atoms with Crippen LogP contribution in [0.3, 0.4) is 0 Å². The summed E-state index contributed by atoms with van der Waals surface area (Å²) in [6.45, 7) is -0.526. The van der Waals surface area contributed by atoms with Gasteiger partial charge in [0.1, 0.15) is 6.61 Å². The summed E-state index contributed by atoms with van der Waals surface area (Å²) in [5.41, 5.74) is 4.31. The zero-order chi connectivity index (χ0) is 17.7. The molecule has 0 atom stereocenters. The minimum atomic E-state index is -4.53. The van der Waals surface area contributed by atoms with Gasteiger partial charge in [0.15, 0.2) is 0 Å². The molecule has 0 saturated heterocycles. The van der Waals surface area contributed by atoms with Gasteiger partial charge in [-0.05, 0) is 24.3 Å². The Labute approximate surface area is 135 Å². The Morgan fingerprint density at radius 3 is 2.46 bits per heavy atom. The van der Waals surface area contributed by atoms with E-state index in [0.29, 0.717) is 0 Å². The lowest BCUT2D eigenvalue weighted by Gasteiger charge is -2.13. The van der Waals surface area contributed by atoms with E-state index in [1.54, 1.807) is 0 Å². The number of carbonyl (C=O) groups excluding carboxylic acids is 2. The second-order valence-electron chi connectivity index (χ2n) is 4.80. The summed E-state index contributed by atoms with van der Waals surface area (Å²) in [6, 6.07) is 9.73. The molecule has 0 heterocycles.